The SMILES string of the molecule is O=c1onc(-c2ccccn2)n1Cc1nnnn1-c1ccc(C(F)(F)F)cc1. The summed E-state index contributed by atoms with van der Waals surface area (Å²) in [5, 5.41) is 14.9. The van der Waals surface area contributed by atoms with Crippen LogP contribution < -0.4 is 5.76 Å². The standard InChI is InChI=1S/C16H10F3N7O2/c17-16(18,19)10-4-6-11(7-5-10)26-13(21-23-24-26)9-25-14(22-28-15(25)27)12-3-1-2-8-20-12/h1-8H,9H2. The maximum atomic E-state index is 12.7. The number of nitrogens with zero attached hydrogens (tertiary/aromatic N) is 7. The van der Waals surface area contributed by atoms with Gasteiger partial charge in [-0.2, -0.15) is 17.9 Å². The van der Waals surface area contributed by atoms with Crippen molar-refractivity contribution < 1.29 is 17.7 Å². The summed E-state index contributed by atoms with van der Waals surface area (Å²) in [6.07, 6.45) is -2.92. The molecule has 0 N–H and O–H groups in total. The summed E-state index contributed by atoms with van der Waals surface area (Å²) in [6.45, 7) is -0.123. The Kier molecular flexibility index (Phi) is 4.22. The summed E-state index contributed by atoms with van der Waals surface area (Å²) < 4.78 is 45.3. The van der Waals surface area contributed by atoms with E-state index < -0.39 is 17.5 Å². The fraction of sp³-hybridized carbons (Fsp3) is 0.125. The van der Waals surface area contributed by atoms with Crippen LogP contribution in [0.4, 0.5) is 13.2 Å². The predicted molar refractivity (Wildman–Crippen MR) is 87.3 cm³/mol. The molecule has 0 unspecified atom stereocenters. The van der Waals surface area contributed by atoms with Gasteiger partial charge in [0, 0.05) is 6.20 Å². The normalized spacial score (nSPS) is 11.7. The Hall–Kier alpha value is -3.83. The van der Waals surface area contributed by atoms with E-state index in [1.165, 1.54) is 27.6 Å². The van der Waals surface area contributed by atoms with Crippen molar-refractivity contribution in [3.63, 3.8) is 0 Å². The molecule has 0 aliphatic heterocycles. The van der Waals surface area contributed by atoms with Gasteiger partial charge in [-0.15, -0.1) is 5.10 Å². The van der Waals surface area contributed by atoms with E-state index in [1.807, 2.05) is 0 Å². The molecule has 0 spiro atoms. The third-order valence-electron chi connectivity index (χ3n) is 3.85. The minimum Gasteiger partial charge on any atom is -0.295 e. The minimum absolute atomic E-state index is 0.123. The van der Waals surface area contributed by atoms with Gasteiger partial charge >= 0.3 is 11.9 Å². The Labute approximate surface area is 154 Å². The summed E-state index contributed by atoms with van der Waals surface area (Å²) in [6, 6.07) is 9.39. The summed E-state index contributed by atoms with van der Waals surface area (Å²) in [4.78, 5) is 16.2. The zero-order valence-corrected chi connectivity index (χ0v) is 13.9. The van der Waals surface area contributed by atoms with Crippen LogP contribution in [-0.4, -0.2) is 34.9 Å². The van der Waals surface area contributed by atoms with Crippen molar-refractivity contribution in [3.8, 4) is 17.2 Å². The minimum atomic E-state index is -4.45. The average Bonchev–Trinajstić information content (AvgIpc) is 3.29. The molecule has 28 heavy (non-hydrogen) atoms. The lowest BCUT2D eigenvalue weighted by Gasteiger charge is -2.09. The van der Waals surface area contributed by atoms with Crippen molar-refractivity contribution in [2.24, 2.45) is 0 Å². The van der Waals surface area contributed by atoms with Gasteiger partial charge in [-0.05, 0) is 46.8 Å². The first-order valence-electron chi connectivity index (χ1n) is 7.86. The molecule has 12 heteroatoms. The molecule has 0 amide bonds. The number of pyridine rings is 1. The highest BCUT2D eigenvalue weighted by atomic mass is 19.4. The second kappa shape index (κ2) is 6.72. The Morgan fingerprint density at radius 1 is 1.07 bits per heavy atom. The topological polar surface area (TPSA) is 105 Å². The average molecular weight is 389 g/mol. The van der Waals surface area contributed by atoms with Gasteiger partial charge in [-0.3, -0.25) is 9.51 Å². The molecule has 0 aliphatic rings. The zero-order valence-electron chi connectivity index (χ0n) is 13.9. The van der Waals surface area contributed by atoms with Crippen molar-refractivity contribution in [1.82, 2.24) is 34.9 Å². The van der Waals surface area contributed by atoms with Crippen molar-refractivity contribution in [2.75, 3.05) is 0 Å². The third kappa shape index (κ3) is 3.26. The molecule has 142 valence electrons. The van der Waals surface area contributed by atoms with Gasteiger partial charge in [-0.1, -0.05) is 11.2 Å². The lowest BCUT2D eigenvalue weighted by Crippen LogP contribution is -2.19. The molecule has 3 heterocycles. The fourth-order valence-corrected chi connectivity index (χ4v) is 2.52. The molecule has 0 atom stereocenters. The van der Waals surface area contributed by atoms with E-state index >= 15 is 0 Å². The second-order valence-electron chi connectivity index (χ2n) is 5.62. The number of hydrogen-bond acceptors (Lipinski definition) is 7. The highest BCUT2D eigenvalue weighted by Crippen LogP contribution is 2.29. The van der Waals surface area contributed by atoms with Crippen LogP contribution in [0.5, 0.6) is 0 Å². The first-order valence-corrected chi connectivity index (χ1v) is 7.86. The van der Waals surface area contributed by atoms with Gasteiger partial charge in [0.2, 0.25) is 5.82 Å². The van der Waals surface area contributed by atoms with Gasteiger partial charge in [0.15, 0.2) is 5.82 Å². The number of benzene rings is 1. The molecule has 0 saturated carbocycles. The van der Waals surface area contributed by atoms with Crippen LogP contribution in [0, 0.1) is 0 Å². The predicted octanol–water partition coefficient (Wildman–Crippen LogP) is 1.94. The monoisotopic (exact) mass is 389 g/mol. The molecule has 1 aromatic carbocycles. The molecular weight excluding hydrogens is 379 g/mol. The van der Waals surface area contributed by atoms with E-state index in [1.54, 1.807) is 18.2 Å². The van der Waals surface area contributed by atoms with Gasteiger partial charge in [0.05, 0.1) is 17.8 Å². The molecule has 4 rings (SSSR count). The molecular formula is C16H10F3N7O2. The fourth-order valence-electron chi connectivity index (χ4n) is 2.52. The number of tetrazole rings is 1. The molecule has 0 radical (unpaired) electrons. The highest BCUT2D eigenvalue weighted by Gasteiger charge is 2.30. The van der Waals surface area contributed by atoms with E-state index in [4.69, 9.17) is 4.52 Å². The lowest BCUT2D eigenvalue weighted by molar-refractivity contribution is -0.137. The van der Waals surface area contributed by atoms with E-state index in [0.29, 0.717) is 11.4 Å². The summed E-state index contributed by atoms with van der Waals surface area (Å²) in [5.74, 6) is -0.377. The summed E-state index contributed by atoms with van der Waals surface area (Å²) >= 11 is 0. The Morgan fingerprint density at radius 2 is 1.86 bits per heavy atom. The first-order chi connectivity index (χ1) is 13.4. The van der Waals surface area contributed by atoms with Crippen molar-refractivity contribution in [3.05, 3.63) is 70.6 Å². The van der Waals surface area contributed by atoms with Crippen LogP contribution >= 0.6 is 0 Å². The van der Waals surface area contributed by atoms with E-state index in [2.05, 4.69) is 25.7 Å². The number of aromatic nitrogens is 7. The van der Waals surface area contributed by atoms with Crippen LogP contribution in [0.2, 0.25) is 0 Å². The molecule has 0 aliphatic carbocycles. The third-order valence-corrected chi connectivity index (χ3v) is 3.85. The molecule has 3 aromatic heterocycles. The lowest BCUT2D eigenvalue weighted by atomic mass is 10.2. The van der Waals surface area contributed by atoms with Gasteiger partial charge in [0.25, 0.3) is 0 Å². The van der Waals surface area contributed by atoms with E-state index in [0.717, 1.165) is 12.1 Å². The van der Waals surface area contributed by atoms with Crippen molar-refractivity contribution in [1.29, 1.82) is 0 Å². The number of halogens is 3. The van der Waals surface area contributed by atoms with Gasteiger partial charge < -0.3 is 0 Å². The second-order valence-corrected chi connectivity index (χ2v) is 5.62. The van der Waals surface area contributed by atoms with Crippen LogP contribution in [0.15, 0.2) is 58.0 Å². The Morgan fingerprint density at radius 3 is 2.54 bits per heavy atom. The van der Waals surface area contributed by atoms with Crippen LogP contribution in [0.1, 0.15) is 11.4 Å². The summed E-state index contributed by atoms with van der Waals surface area (Å²) in [5.41, 5.74) is -0.0858. The Balaban J connectivity index is 1.69. The molecule has 0 bridgehead atoms. The van der Waals surface area contributed by atoms with Gasteiger partial charge in [-0.25, -0.2) is 9.36 Å². The largest absolute Gasteiger partial charge is 0.442 e. The Bertz CT molecular complexity index is 1150. The number of alkyl halides is 3. The number of rotatable bonds is 4. The smallest absolute Gasteiger partial charge is 0.295 e. The van der Waals surface area contributed by atoms with Crippen LogP contribution in [0.25, 0.3) is 17.2 Å². The maximum Gasteiger partial charge on any atom is 0.442 e. The van der Waals surface area contributed by atoms with E-state index in [-0.39, 0.29) is 18.2 Å². The zero-order chi connectivity index (χ0) is 19.7. The van der Waals surface area contributed by atoms with Crippen molar-refractivity contribution >= 4 is 0 Å². The van der Waals surface area contributed by atoms with Crippen LogP contribution in [0.3, 0.4) is 0 Å². The molecule has 4 aromatic rings. The molecule has 0 saturated heterocycles. The van der Waals surface area contributed by atoms with Crippen LogP contribution in [-0.2, 0) is 12.7 Å². The first kappa shape index (κ1) is 17.6. The van der Waals surface area contributed by atoms with Crippen molar-refractivity contribution in [2.45, 2.75) is 12.7 Å². The molecule has 0 fully saturated rings. The maximum absolute atomic E-state index is 12.7. The van der Waals surface area contributed by atoms with Gasteiger partial charge in [0.1, 0.15) is 5.69 Å². The quantitative estimate of drug-likeness (QED) is 0.525. The number of hydrogen-bond donors (Lipinski definition) is 0. The molecule has 9 nitrogen and oxygen atoms in total. The van der Waals surface area contributed by atoms with E-state index in [9.17, 15) is 18.0 Å². The highest BCUT2D eigenvalue weighted by molar-refractivity contribution is 5.48. The summed E-state index contributed by atoms with van der Waals surface area (Å²) in [7, 11) is 0.